The molecule has 1 N–H and O–H groups in total. The van der Waals surface area contributed by atoms with Gasteiger partial charge in [0.05, 0.1) is 5.52 Å². The highest BCUT2D eigenvalue weighted by atomic mass is 35.5. The summed E-state index contributed by atoms with van der Waals surface area (Å²) in [5.74, 6) is 0.872. The molecule has 0 aliphatic carbocycles. The van der Waals surface area contributed by atoms with Gasteiger partial charge in [0.2, 0.25) is 0 Å². The first kappa shape index (κ1) is 12.0. The maximum atomic E-state index is 13.5. The average Bonchev–Trinajstić information content (AvgIpc) is 2.81. The fourth-order valence-corrected chi connectivity index (χ4v) is 2.01. The summed E-state index contributed by atoms with van der Waals surface area (Å²) in [5, 5.41) is 0.605. The topological polar surface area (TPSA) is 37.9 Å². The summed E-state index contributed by atoms with van der Waals surface area (Å²) < 4.78 is 19.0. The van der Waals surface area contributed by atoms with Gasteiger partial charge in [0.25, 0.3) is 0 Å². The summed E-state index contributed by atoms with van der Waals surface area (Å²) in [6, 6.07) is 11.9. The van der Waals surface area contributed by atoms with Gasteiger partial charge in [-0.1, -0.05) is 23.7 Å². The van der Waals surface area contributed by atoms with E-state index in [1.165, 1.54) is 6.07 Å². The van der Waals surface area contributed by atoms with Gasteiger partial charge < -0.3 is 9.72 Å². The average molecular weight is 277 g/mol. The number of H-pyrrole nitrogens is 1. The van der Waals surface area contributed by atoms with Gasteiger partial charge in [0.1, 0.15) is 23.7 Å². The molecule has 1 aromatic heterocycles. The van der Waals surface area contributed by atoms with Crippen LogP contribution in [0.25, 0.3) is 11.0 Å². The van der Waals surface area contributed by atoms with Gasteiger partial charge in [-0.25, -0.2) is 9.37 Å². The van der Waals surface area contributed by atoms with Crippen molar-refractivity contribution in [3.05, 3.63) is 59.1 Å². The van der Waals surface area contributed by atoms with Crippen LogP contribution in [0.1, 0.15) is 5.82 Å². The van der Waals surface area contributed by atoms with Crippen LogP contribution in [0.5, 0.6) is 5.75 Å². The molecule has 3 nitrogen and oxygen atoms in total. The molecule has 1 heterocycles. The van der Waals surface area contributed by atoms with Crippen LogP contribution in [0.15, 0.2) is 42.5 Å². The normalized spacial score (nSPS) is 10.8. The number of ether oxygens (including phenoxy) is 1. The molecule has 0 fully saturated rings. The van der Waals surface area contributed by atoms with Crippen LogP contribution >= 0.6 is 11.6 Å². The minimum Gasteiger partial charge on any atom is -0.486 e. The number of rotatable bonds is 3. The van der Waals surface area contributed by atoms with E-state index in [4.69, 9.17) is 16.3 Å². The van der Waals surface area contributed by atoms with Gasteiger partial charge in [-0.15, -0.1) is 0 Å². The molecule has 0 spiro atoms. The van der Waals surface area contributed by atoms with Crippen molar-refractivity contribution in [1.29, 1.82) is 0 Å². The molecule has 96 valence electrons. The second-order valence-corrected chi connectivity index (χ2v) is 4.50. The van der Waals surface area contributed by atoms with Crippen molar-refractivity contribution in [2.45, 2.75) is 6.61 Å². The van der Waals surface area contributed by atoms with Crippen molar-refractivity contribution in [3.63, 3.8) is 0 Å². The Morgan fingerprint density at radius 3 is 2.84 bits per heavy atom. The minimum atomic E-state index is -0.345. The molecule has 3 rings (SSSR count). The van der Waals surface area contributed by atoms with Crippen molar-refractivity contribution in [1.82, 2.24) is 9.97 Å². The molecule has 19 heavy (non-hydrogen) atoms. The zero-order valence-corrected chi connectivity index (χ0v) is 10.6. The molecule has 3 aromatic rings. The first-order chi connectivity index (χ1) is 9.22. The molecule has 0 saturated carbocycles. The van der Waals surface area contributed by atoms with Crippen molar-refractivity contribution >= 4 is 22.6 Å². The number of aromatic nitrogens is 2. The number of fused-ring (bicyclic) bond motifs is 1. The van der Waals surface area contributed by atoms with Crippen molar-refractivity contribution in [3.8, 4) is 5.75 Å². The van der Waals surface area contributed by atoms with Crippen LogP contribution in [-0.4, -0.2) is 9.97 Å². The summed E-state index contributed by atoms with van der Waals surface area (Å²) in [7, 11) is 0. The number of benzene rings is 2. The molecular weight excluding hydrogens is 267 g/mol. The van der Waals surface area contributed by atoms with E-state index < -0.39 is 0 Å². The molecule has 0 atom stereocenters. The first-order valence-electron chi connectivity index (χ1n) is 5.74. The van der Waals surface area contributed by atoms with E-state index in [0.29, 0.717) is 27.6 Å². The Morgan fingerprint density at radius 2 is 2.05 bits per heavy atom. The van der Waals surface area contributed by atoms with Crippen LogP contribution < -0.4 is 4.74 Å². The largest absolute Gasteiger partial charge is 0.486 e. The summed E-state index contributed by atoms with van der Waals surface area (Å²) in [6.45, 7) is 0.231. The number of halogens is 2. The predicted octanol–water partition coefficient (Wildman–Crippen LogP) is 3.93. The predicted molar refractivity (Wildman–Crippen MR) is 71.8 cm³/mol. The zero-order chi connectivity index (χ0) is 13.2. The maximum absolute atomic E-state index is 13.5. The highest BCUT2D eigenvalue weighted by molar-refractivity contribution is 6.30. The lowest BCUT2D eigenvalue weighted by atomic mass is 10.3. The van der Waals surface area contributed by atoms with Crippen LogP contribution in [0.4, 0.5) is 4.39 Å². The van der Waals surface area contributed by atoms with Crippen LogP contribution in [-0.2, 0) is 6.61 Å². The van der Waals surface area contributed by atoms with E-state index in [9.17, 15) is 4.39 Å². The molecule has 0 amide bonds. The Hall–Kier alpha value is -2.07. The molecule has 5 heteroatoms. The third kappa shape index (κ3) is 2.53. The van der Waals surface area contributed by atoms with Gasteiger partial charge in [0.15, 0.2) is 5.82 Å². The van der Waals surface area contributed by atoms with Gasteiger partial charge in [-0.2, -0.15) is 0 Å². The lowest BCUT2D eigenvalue weighted by molar-refractivity contribution is 0.297. The molecule has 0 aliphatic heterocycles. The molecule has 0 aliphatic rings. The van der Waals surface area contributed by atoms with Crippen molar-refractivity contribution < 1.29 is 9.13 Å². The molecule has 0 radical (unpaired) electrons. The quantitative estimate of drug-likeness (QED) is 0.787. The Balaban J connectivity index is 1.80. The third-order valence-corrected chi connectivity index (χ3v) is 2.92. The van der Waals surface area contributed by atoms with Crippen molar-refractivity contribution in [2.24, 2.45) is 0 Å². The minimum absolute atomic E-state index is 0.231. The SMILES string of the molecule is Fc1cccc2[nH]c(COc3cccc(Cl)c3)nc12. The smallest absolute Gasteiger partial charge is 0.151 e. The second kappa shape index (κ2) is 4.90. The molecule has 0 saturated heterocycles. The number of nitrogens with one attached hydrogen (secondary N) is 1. The first-order valence-corrected chi connectivity index (χ1v) is 6.11. The van der Waals surface area contributed by atoms with Crippen LogP contribution in [0, 0.1) is 5.82 Å². The van der Waals surface area contributed by atoms with Crippen LogP contribution in [0.2, 0.25) is 5.02 Å². The summed E-state index contributed by atoms with van der Waals surface area (Å²) in [5.41, 5.74) is 0.983. The van der Waals surface area contributed by atoms with Crippen molar-refractivity contribution in [2.75, 3.05) is 0 Å². The van der Waals surface area contributed by atoms with E-state index in [0.717, 1.165) is 0 Å². The Kier molecular flexibility index (Phi) is 3.09. The van der Waals surface area contributed by atoms with E-state index in [-0.39, 0.29) is 12.4 Å². The third-order valence-electron chi connectivity index (χ3n) is 2.68. The number of nitrogens with zero attached hydrogens (tertiary/aromatic N) is 1. The number of hydrogen-bond acceptors (Lipinski definition) is 2. The van der Waals surface area contributed by atoms with E-state index in [1.54, 1.807) is 36.4 Å². The summed E-state index contributed by atoms with van der Waals surface area (Å²) in [4.78, 5) is 7.17. The number of aromatic amines is 1. The van der Waals surface area contributed by atoms with Gasteiger partial charge >= 0.3 is 0 Å². The monoisotopic (exact) mass is 276 g/mol. The molecule has 2 aromatic carbocycles. The van der Waals surface area contributed by atoms with Gasteiger partial charge in [-0.3, -0.25) is 0 Å². The highest BCUT2D eigenvalue weighted by Crippen LogP contribution is 2.19. The van der Waals surface area contributed by atoms with E-state index >= 15 is 0 Å². The van der Waals surface area contributed by atoms with E-state index in [1.807, 2.05) is 0 Å². The zero-order valence-electron chi connectivity index (χ0n) is 9.86. The lowest BCUT2D eigenvalue weighted by Crippen LogP contribution is -1.97. The second-order valence-electron chi connectivity index (χ2n) is 4.07. The molecule has 0 unspecified atom stereocenters. The lowest BCUT2D eigenvalue weighted by Gasteiger charge is -2.03. The number of para-hydroxylation sites is 1. The van der Waals surface area contributed by atoms with Gasteiger partial charge in [-0.05, 0) is 30.3 Å². The Bertz CT molecular complexity index is 726. The highest BCUT2D eigenvalue weighted by Gasteiger charge is 2.07. The fourth-order valence-electron chi connectivity index (χ4n) is 1.83. The van der Waals surface area contributed by atoms with Crippen LogP contribution in [0.3, 0.4) is 0 Å². The number of imidazole rings is 1. The molecule has 0 bridgehead atoms. The summed E-state index contributed by atoms with van der Waals surface area (Å²) >= 11 is 5.86. The number of hydrogen-bond donors (Lipinski definition) is 1. The summed E-state index contributed by atoms with van der Waals surface area (Å²) in [6.07, 6.45) is 0. The fraction of sp³-hybridized carbons (Fsp3) is 0.0714. The Morgan fingerprint density at radius 1 is 1.21 bits per heavy atom. The maximum Gasteiger partial charge on any atom is 0.151 e. The Labute approximate surface area is 114 Å². The van der Waals surface area contributed by atoms with Gasteiger partial charge in [0, 0.05) is 5.02 Å². The standard InChI is InChI=1S/C14H10ClFN2O/c15-9-3-1-4-10(7-9)19-8-13-17-12-6-2-5-11(16)14(12)18-13/h1-7H,8H2,(H,17,18). The molecular formula is C14H10ClFN2O. The van der Waals surface area contributed by atoms with E-state index in [2.05, 4.69) is 9.97 Å².